The maximum absolute atomic E-state index is 13.3. The second kappa shape index (κ2) is 10.5. The molecule has 0 aromatic rings. The van der Waals surface area contributed by atoms with Crippen LogP contribution >= 0.6 is 0 Å². The molecule has 0 spiro atoms. The molecule has 0 saturated heterocycles. The van der Waals surface area contributed by atoms with Crippen molar-refractivity contribution in [2.24, 2.45) is 11.1 Å². The summed E-state index contributed by atoms with van der Waals surface area (Å²) in [5, 5.41) is 13.1. The Hall–Kier alpha value is -0.746. The third-order valence-electron chi connectivity index (χ3n) is 8.29. The molecule has 9 heteroatoms. The van der Waals surface area contributed by atoms with Crippen molar-refractivity contribution in [1.82, 2.24) is 5.32 Å². The Morgan fingerprint density at radius 1 is 1.03 bits per heavy atom. The summed E-state index contributed by atoms with van der Waals surface area (Å²) in [6.45, 7) is 23.2. The van der Waals surface area contributed by atoms with Crippen molar-refractivity contribution in [2.45, 2.75) is 129 Å². The van der Waals surface area contributed by atoms with E-state index in [1.807, 2.05) is 0 Å². The van der Waals surface area contributed by atoms with Gasteiger partial charge in [-0.05, 0) is 68.9 Å². The van der Waals surface area contributed by atoms with Gasteiger partial charge < -0.3 is 25.0 Å². The predicted molar refractivity (Wildman–Crippen MR) is 139 cm³/mol. The van der Waals surface area contributed by atoms with Crippen molar-refractivity contribution in [3.8, 4) is 0 Å². The smallest absolute Gasteiger partial charge is 0.242 e. The topological polar surface area (TPSA) is 111 Å². The first-order chi connectivity index (χ1) is 14.7. The maximum Gasteiger partial charge on any atom is 0.242 e. The second-order valence-electron chi connectivity index (χ2n) is 13.0. The molecule has 4 N–H and O–H groups in total. The van der Waals surface area contributed by atoms with E-state index < -0.39 is 40.1 Å². The summed E-state index contributed by atoms with van der Waals surface area (Å²) < 4.78 is 12.9. The third-order valence-corrected chi connectivity index (χ3v) is 17.4. The van der Waals surface area contributed by atoms with E-state index in [1.54, 1.807) is 6.92 Å². The SMILES string of the molecule is CC(O[Si](C)(C)C(C)(C)C)[C@H](NC(=O)C1(CO)CCC(O[Si](C)(C)C(C)(C)C)CC1)C(N)=O. The van der Waals surface area contributed by atoms with E-state index in [0.29, 0.717) is 25.7 Å². The molecular formula is C24H50N2O5Si2. The van der Waals surface area contributed by atoms with Crippen molar-refractivity contribution in [3.05, 3.63) is 0 Å². The Morgan fingerprint density at radius 2 is 1.48 bits per heavy atom. The van der Waals surface area contributed by atoms with Crippen LogP contribution in [-0.2, 0) is 18.4 Å². The van der Waals surface area contributed by atoms with E-state index in [2.05, 4.69) is 73.0 Å². The maximum atomic E-state index is 13.3. The zero-order valence-electron chi connectivity index (χ0n) is 22.9. The number of primary amides is 1. The number of nitrogens with two attached hydrogens (primary N) is 1. The Labute approximate surface area is 203 Å². The summed E-state index contributed by atoms with van der Waals surface area (Å²) in [4.78, 5) is 25.6. The Morgan fingerprint density at radius 3 is 1.85 bits per heavy atom. The highest BCUT2D eigenvalue weighted by molar-refractivity contribution is 6.74. The van der Waals surface area contributed by atoms with Gasteiger partial charge in [-0.2, -0.15) is 0 Å². The predicted octanol–water partition coefficient (Wildman–Crippen LogP) is 4.31. The van der Waals surface area contributed by atoms with Gasteiger partial charge in [0.2, 0.25) is 11.8 Å². The highest BCUT2D eigenvalue weighted by Gasteiger charge is 2.47. The largest absolute Gasteiger partial charge is 0.414 e. The molecular weight excluding hydrogens is 452 g/mol. The molecule has 1 unspecified atom stereocenters. The molecule has 2 atom stereocenters. The van der Waals surface area contributed by atoms with Crippen LogP contribution in [0.1, 0.15) is 74.1 Å². The van der Waals surface area contributed by atoms with E-state index in [9.17, 15) is 14.7 Å². The molecule has 1 saturated carbocycles. The highest BCUT2D eigenvalue weighted by Crippen LogP contribution is 2.43. The molecule has 0 aromatic heterocycles. The number of aliphatic hydroxyl groups excluding tert-OH is 1. The third kappa shape index (κ3) is 7.37. The average molecular weight is 503 g/mol. The molecule has 1 aliphatic carbocycles. The normalized spacial score (nSPS) is 24.8. The van der Waals surface area contributed by atoms with Crippen molar-refractivity contribution < 1.29 is 23.5 Å². The zero-order valence-corrected chi connectivity index (χ0v) is 24.9. The molecule has 0 heterocycles. The van der Waals surface area contributed by atoms with E-state index in [0.717, 1.165) is 0 Å². The lowest BCUT2D eigenvalue weighted by Crippen LogP contribution is -2.59. The fraction of sp³-hybridized carbons (Fsp3) is 0.917. The minimum absolute atomic E-state index is 0.0394. The summed E-state index contributed by atoms with van der Waals surface area (Å²) in [6.07, 6.45) is 1.97. The van der Waals surface area contributed by atoms with E-state index in [1.165, 1.54) is 0 Å². The summed E-state index contributed by atoms with van der Waals surface area (Å²) in [5.41, 5.74) is 4.73. The van der Waals surface area contributed by atoms with Crippen molar-refractivity contribution >= 4 is 28.4 Å². The summed E-state index contributed by atoms with van der Waals surface area (Å²) >= 11 is 0. The first kappa shape index (κ1) is 30.3. The van der Waals surface area contributed by atoms with Gasteiger partial charge in [0.05, 0.1) is 18.1 Å². The Kier molecular flexibility index (Phi) is 9.61. The van der Waals surface area contributed by atoms with Gasteiger partial charge >= 0.3 is 0 Å². The summed E-state index contributed by atoms with van der Waals surface area (Å²) in [5.74, 6) is -0.956. The molecule has 2 amide bonds. The lowest BCUT2D eigenvalue weighted by Gasteiger charge is -2.44. The van der Waals surface area contributed by atoms with Crippen molar-refractivity contribution in [2.75, 3.05) is 6.61 Å². The molecule has 33 heavy (non-hydrogen) atoms. The van der Waals surface area contributed by atoms with Crippen molar-refractivity contribution in [1.29, 1.82) is 0 Å². The molecule has 0 aromatic carbocycles. The fourth-order valence-electron chi connectivity index (χ4n) is 3.74. The van der Waals surface area contributed by atoms with Gasteiger partial charge in [0.25, 0.3) is 0 Å². The molecule has 0 aliphatic heterocycles. The molecule has 194 valence electrons. The van der Waals surface area contributed by atoms with Gasteiger partial charge in [-0.1, -0.05) is 41.5 Å². The Balaban J connectivity index is 2.91. The standard InChI is InChI=1S/C24H50N2O5Si2/c1-17(30-32(8,9)22(2,3)4)19(20(25)28)26-21(29)24(16-27)14-12-18(13-15-24)31-33(10,11)23(5,6)7/h17-19,27H,12-16H2,1-11H3,(H2,25,28)(H,26,29)/t17?,18?,19-,24?/m0/s1. The molecule has 1 aliphatic rings. The minimum Gasteiger partial charge on any atom is -0.414 e. The number of rotatable bonds is 9. The minimum atomic E-state index is -2.16. The van der Waals surface area contributed by atoms with E-state index in [4.69, 9.17) is 14.6 Å². The monoisotopic (exact) mass is 502 g/mol. The first-order valence-electron chi connectivity index (χ1n) is 12.3. The van der Waals surface area contributed by atoms with Crippen LogP contribution in [0.3, 0.4) is 0 Å². The van der Waals surface area contributed by atoms with E-state index in [-0.39, 0.29) is 28.7 Å². The van der Waals surface area contributed by atoms with Gasteiger partial charge in [0, 0.05) is 6.10 Å². The summed E-state index contributed by atoms with van der Waals surface area (Å²) in [6, 6.07) is -0.948. The summed E-state index contributed by atoms with van der Waals surface area (Å²) in [7, 11) is -4.07. The number of nitrogens with one attached hydrogen (secondary N) is 1. The number of hydrogen-bond acceptors (Lipinski definition) is 5. The number of carbonyl (C=O) groups is 2. The number of aliphatic hydroxyl groups is 1. The molecule has 1 fully saturated rings. The molecule has 7 nitrogen and oxygen atoms in total. The van der Waals surface area contributed by atoms with Crippen LogP contribution in [0.4, 0.5) is 0 Å². The number of carbonyl (C=O) groups excluding carboxylic acids is 2. The average Bonchev–Trinajstić information content (AvgIpc) is 2.63. The van der Waals surface area contributed by atoms with Gasteiger partial charge in [0.1, 0.15) is 6.04 Å². The fourth-order valence-corrected chi connectivity index (χ4v) is 6.58. The van der Waals surface area contributed by atoms with Crippen LogP contribution in [0.25, 0.3) is 0 Å². The lowest BCUT2D eigenvalue weighted by molar-refractivity contribution is -0.141. The van der Waals surface area contributed by atoms with Gasteiger partial charge in [0.15, 0.2) is 16.6 Å². The quantitative estimate of drug-likeness (QED) is 0.407. The van der Waals surface area contributed by atoms with Crippen LogP contribution in [0.15, 0.2) is 0 Å². The van der Waals surface area contributed by atoms with Crippen molar-refractivity contribution in [3.63, 3.8) is 0 Å². The lowest BCUT2D eigenvalue weighted by atomic mass is 9.73. The van der Waals surface area contributed by atoms with Crippen LogP contribution in [-0.4, -0.2) is 58.4 Å². The van der Waals surface area contributed by atoms with Crippen LogP contribution in [0, 0.1) is 5.41 Å². The number of amides is 2. The van der Waals surface area contributed by atoms with Crippen LogP contribution in [0.2, 0.25) is 36.3 Å². The first-order valence-corrected chi connectivity index (χ1v) is 18.1. The molecule has 0 radical (unpaired) electrons. The molecule has 0 bridgehead atoms. The van der Waals surface area contributed by atoms with E-state index >= 15 is 0 Å². The molecule has 1 rings (SSSR count). The van der Waals surface area contributed by atoms with Gasteiger partial charge in [-0.25, -0.2) is 0 Å². The Bertz CT molecular complexity index is 690. The number of hydrogen-bond donors (Lipinski definition) is 3. The van der Waals surface area contributed by atoms with Gasteiger partial charge in [-0.15, -0.1) is 0 Å². The second-order valence-corrected chi connectivity index (χ2v) is 22.5. The zero-order chi connectivity index (χ0) is 26.0. The van der Waals surface area contributed by atoms with Crippen LogP contribution in [0.5, 0.6) is 0 Å². The van der Waals surface area contributed by atoms with Crippen LogP contribution < -0.4 is 11.1 Å². The highest BCUT2D eigenvalue weighted by atomic mass is 28.4. The van der Waals surface area contributed by atoms with Gasteiger partial charge in [-0.3, -0.25) is 9.59 Å².